The molecule has 9 nitrogen and oxygen atoms in total. The fraction of sp³-hybridized carbons (Fsp3) is 0.381. The van der Waals surface area contributed by atoms with E-state index in [1.165, 1.54) is 28.6 Å². The summed E-state index contributed by atoms with van der Waals surface area (Å²) in [4.78, 5) is 22.4. The van der Waals surface area contributed by atoms with E-state index in [0.717, 1.165) is 12.0 Å². The molecule has 2 N–H and O–H groups in total. The molecular weight excluding hydrogens is 420 g/mol. The predicted molar refractivity (Wildman–Crippen MR) is 118 cm³/mol. The smallest absolute Gasteiger partial charge is 0.319 e. The van der Waals surface area contributed by atoms with Crippen molar-refractivity contribution in [2.24, 2.45) is 5.92 Å². The lowest BCUT2D eigenvalue weighted by atomic mass is 10.00. The first-order valence-corrected chi connectivity index (χ1v) is 11.7. The summed E-state index contributed by atoms with van der Waals surface area (Å²) in [5.41, 5.74) is 2.22. The molecule has 31 heavy (non-hydrogen) atoms. The zero-order chi connectivity index (χ0) is 22.4. The molecule has 1 aliphatic rings. The number of urea groups is 1. The van der Waals surface area contributed by atoms with E-state index in [-0.39, 0.29) is 23.4 Å². The highest BCUT2D eigenvalue weighted by molar-refractivity contribution is 7.88. The number of nitro benzene ring substituents is 1. The maximum atomic E-state index is 12.8. The highest BCUT2D eigenvalue weighted by atomic mass is 32.2. The first-order chi connectivity index (χ1) is 14.7. The number of amides is 2. The Bertz CT molecular complexity index is 1020. The molecule has 1 saturated heterocycles. The monoisotopic (exact) mass is 446 g/mol. The van der Waals surface area contributed by atoms with Crippen LogP contribution in [-0.4, -0.2) is 43.3 Å². The van der Waals surface area contributed by atoms with Gasteiger partial charge in [-0.1, -0.05) is 29.8 Å². The number of hydrogen-bond acceptors (Lipinski definition) is 5. The molecular formula is C21H26N4O5S. The van der Waals surface area contributed by atoms with Gasteiger partial charge in [-0.3, -0.25) is 10.1 Å². The van der Waals surface area contributed by atoms with Gasteiger partial charge in [0.15, 0.2) is 0 Å². The zero-order valence-electron chi connectivity index (χ0n) is 17.3. The van der Waals surface area contributed by atoms with Crippen molar-refractivity contribution < 1.29 is 18.1 Å². The van der Waals surface area contributed by atoms with Gasteiger partial charge in [0.05, 0.1) is 10.7 Å². The van der Waals surface area contributed by atoms with Crippen molar-refractivity contribution in [1.29, 1.82) is 0 Å². The number of nitro groups is 1. The normalized spacial score (nSPS) is 17.1. The predicted octanol–water partition coefficient (Wildman–Crippen LogP) is 3.27. The highest BCUT2D eigenvalue weighted by Gasteiger charge is 2.29. The fourth-order valence-electron chi connectivity index (χ4n) is 3.51. The minimum absolute atomic E-state index is 0.0177. The Kier molecular flexibility index (Phi) is 7.24. The molecule has 1 atom stereocenters. The summed E-state index contributed by atoms with van der Waals surface area (Å²) in [5, 5.41) is 16.3. The number of carbonyl (C=O) groups excluding carboxylic acids is 1. The number of benzene rings is 2. The van der Waals surface area contributed by atoms with Crippen LogP contribution < -0.4 is 10.6 Å². The Morgan fingerprint density at radius 3 is 2.48 bits per heavy atom. The van der Waals surface area contributed by atoms with Gasteiger partial charge in [-0.25, -0.2) is 17.5 Å². The van der Waals surface area contributed by atoms with Crippen LogP contribution in [-0.2, 0) is 15.8 Å². The number of anilines is 1. The lowest BCUT2D eigenvalue weighted by Gasteiger charge is -2.32. The molecule has 0 aromatic heterocycles. The van der Waals surface area contributed by atoms with Crippen LogP contribution in [0.1, 0.15) is 24.0 Å². The van der Waals surface area contributed by atoms with Gasteiger partial charge in [0, 0.05) is 37.5 Å². The summed E-state index contributed by atoms with van der Waals surface area (Å²) in [6.07, 6.45) is 1.54. The summed E-state index contributed by atoms with van der Waals surface area (Å²) in [5.74, 6) is -0.192. The first-order valence-electron chi connectivity index (χ1n) is 10.1. The first kappa shape index (κ1) is 22.7. The SMILES string of the molecule is Cc1ccc(NC(=O)NCC2CCCN(S(=O)(=O)Cc3ccc([N+](=O)[O-])cc3)C2)cc1. The Morgan fingerprint density at radius 2 is 1.84 bits per heavy atom. The van der Waals surface area contributed by atoms with Crippen molar-refractivity contribution in [3.05, 3.63) is 69.8 Å². The van der Waals surface area contributed by atoms with Crippen molar-refractivity contribution in [2.45, 2.75) is 25.5 Å². The average Bonchev–Trinajstić information content (AvgIpc) is 2.74. The molecule has 2 aromatic carbocycles. The number of nitrogens with one attached hydrogen (secondary N) is 2. The number of nitrogens with zero attached hydrogens (tertiary/aromatic N) is 2. The van der Waals surface area contributed by atoms with E-state index in [0.29, 0.717) is 37.3 Å². The number of non-ortho nitro benzene ring substituents is 1. The topological polar surface area (TPSA) is 122 Å². The summed E-state index contributed by atoms with van der Waals surface area (Å²) < 4.78 is 27.1. The van der Waals surface area contributed by atoms with E-state index < -0.39 is 14.9 Å². The minimum Gasteiger partial charge on any atom is -0.338 e. The van der Waals surface area contributed by atoms with E-state index in [2.05, 4.69) is 10.6 Å². The van der Waals surface area contributed by atoms with Crippen LogP contribution in [0.2, 0.25) is 0 Å². The van der Waals surface area contributed by atoms with Crippen LogP contribution in [0.25, 0.3) is 0 Å². The third kappa shape index (κ3) is 6.50. The van der Waals surface area contributed by atoms with Crippen molar-refractivity contribution in [3.8, 4) is 0 Å². The van der Waals surface area contributed by atoms with E-state index >= 15 is 0 Å². The number of sulfonamides is 1. The van der Waals surface area contributed by atoms with Gasteiger partial charge in [0.1, 0.15) is 0 Å². The minimum atomic E-state index is -3.56. The number of carbonyl (C=O) groups is 1. The molecule has 2 aromatic rings. The molecule has 0 saturated carbocycles. The Balaban J connectivity index is 1.52. The molecule has 10 heteroatoms. The van der Waals surface area contributed by atoms with Crippen molar-refractivity contribution >= 4 is 27.4 Å². The van der Waals surface area contributed by atoms with Gasteiger partial charge >= 0.3 is 6.03 Å². The second kappa shape index (κ2) is 9.88. The van der Waals surface area contributed by atoms with Gasteiger partial charge in [-0.2, -0.15) is 0 Å². The number of piperidine rings is 1. The lowest BCUT2D eigenvalue weighted by Crippen LogP contribution is -2.44. The van der Waals surface area contributed by atoms with Gasteiger partial charge in [-0.05, 0) is 43.4 Å². The van der Waals surface area contributed by atoms with Gasteiger partial charge in [0.2, 0.25) is 10.0 Å². The third-order valence-electron chi connectivity index (χ3n) is 5.23. The largest absolute Gasteiger partial charge is 0.338 e. The summed E-state index contributed by atoms with van der Waals surface area (Å²) in [7, 11) is -3.56. The molecule has 1 aliphatic heterocycles. The van der Waals surface area contributed by atoms with Crippen LogP contribution in [0, 0.1) is 23.0 Å². The Hall–Kier alpha value is -2.98. The molecule has 1 fully saturated rings. The third-order valence-corrected chi connectivity index (χ3v) is 7.05. The standard InChI is InChI=1S/C21H26N4O5S/c1-16-4-8-19(9-5-16)23-21(26)22-13-18-3-2-12-24(14-18)31(29,30)15-17-6-10-20(11-7-17)25(27)28/h4-11,18H,2-3,12-15H2,1H3,(H2,22,23,26). The van der Waals surface area contributed by atoms with Crippen molar-refractivity contribution in [1.82, 2.24) is 9.62 Å². The summed E-state index contributed by atoms with van der Waals surface area (Å²) in [6.45, 7) is 3.11. The summed E-state index contributed by atoms with van der Waals surface area (Å²) in [6, 6.07) is 12.7. The molecule has 0 bridgehead atoms. The van der Waals surface area contributed by atoms with Gasteiger partial charge < -0.3 is 10.6 Å². The number of hydrogen-bond donors (Lipinski definition) is 2. The average molecular weight is 447 g/mol. The molecule has 3 rings (SSSR count). The van der Waals surface area contributed by atoms with Crippen molar-refractivity contribution in [3.63, 3.8) is 0 Å². The van der Waals surface area contributed by atoms with Crippen LogP contribution in [0.3, 0.4) is 0 Å². The maximum Gasteiger partial charge on any atom is 0.319 e. The quantitative estimate of drug-likeness (QED) is 0.499. The van der Waals surface area contributed by atoms with Crippen LogP contribution in [0.15, 0.2) is 48.5 Å². The number of aryl methyl sites for hydroxylation is 1. The van der Waals surface area contributed by atoms with E-state index in [1.54, 1.807) is 0 Å². The van der Waals surface area contributed by atoms with E-state index in [4.69, 9.17) is 0 Å². The Morgan fingerprint density at radius 1 is 1.16 bits per heavy atom. The fourth-order valence-corrected chi connectivity index (χ4v) is 5.15. The van der Waals surface area contributed by atoms with Crippen LogP contribution in [0.5, 0.6) is 0 Å². The second-order valence-corrected chi connectivity index (χ2v) is 9.72. The zero-order valence-corrected chi connectivity index (χ0v) is 18.1. The molecule has 0 spiro atoms. The van der Waals surface area contributed by atoms with E-state index in [9.17, 15) is 23.3 Å². The second-order valence-electron chi connectivity index (χ2n) is 7.75. The van der Waals surface area contributed by atoms with Crippen LogP contribution >= 0.6 is 0 Å². The molecule has 166 valence electrons. The molecule has 2 amide bonds. The molecule has 0 aliphatic carbocycles. The van der Waals surface area contributed by atoms with E-state index in [1.807, 2.05) is 31.2 Å². The molecule has 1 unspecified atom stereocenters. The highest BCUT2D eigenvalue weighted by Crippen LogP contribution is 2.22. The van der Waals surface area contributed by atoms with Gasteiger partial charge in [0.25, 0.3) is 5.69 Å². The van der Waals surface area contributed by atoms with Gasteiger partial charge in [-0.15, -0.1) is 0 Å². The van der Waals surface area contributed by atoms with Crippen molar-refractivity contribution in [2.75, 3.05) is 25.0 Å². The summed E-state index contributed by atoms with van der Waals surface area (Å²) >= 11 is 0. The Labute approximate surface area is 181 Å². The lowest BCUT2D eigenvalue weighted by molar-refractivity contribution is -0.384. The molecule has 0 radical (unpaired) electrons. The van der Waals surface area contributed by atoms with Crippen LogP contribution in [0.4, 0.5) is 16.2 Å². The maximum absolute atomic E-state index is 12.8. The molecule has 1 heterocycles. The number of rotatable bonds is 7.